The number of carbonyl (C=O) groups is 1. The third-order valence-electron chi connectivity index (χ3n) is 3.18. The summed E-state index contributed by atoms with van der Waals surface area (Å²) in [5.41, 5.74) is 1.66. The molecule has 1 heterocycles. The van der Waals surface area contributed by atoms with Crippen molar-refractivity contribution < 1.29 is 9.90 Å². The van der Waals surface area contributed by atoms with Gasteiger partial charge in [-0.3, -0.25) is 4.79 Å². The maximum absolute atomic E-state index is 11.8. The van der Waals surface area contributed by atoms with Crippen LogP contribution >= 0.6 is 0 Å². The molecule has 1 aliphatic rings. The van der Waals surface area contributed by atoms with Crippen LogP contribution in [0.5, 0.6) is 5.75 Å². The van der Waals surface area contributed by atoms with E-state index in [-0.39, 0.29) is 17.7 Å². The number of anilines is 2. The Kier molecular flexibility index (Phi) is 2.96. The highest BCUT2D eigenvalue weighted by molar-refractivity contribution is 5.97. The minimum absolute atomic E-state index is 0.0112. The van der Waals surface area contributed by atoms with Crippen LogP contribution in [0, 0.1) is 5.92 Å². The smallest absolute Gasteiger partial charge is 0.224 e. The van der Waals surface area contributed by atoms with Gasteiger partial charge in [-0.2, -0.15) is 0 Å². The number of phenols is 1. The molecule has 0 radical (unpaired) electrons. The first-order valence-corrected chi connectivity index (χ1v) is 5.87. The summed E-state index contributed by atoms with van der Waals surface area (Å²) in [6.07, 6.45) is 0. The summed E-state index contributed by atoms with van der Waals surface area (Å²) in [6.45, 7) is 6.50. The third-order valence-corrected chi connectivity index (χ3v) is 3.18. The Balaban J connectivity index is 2.48. The van der Waals surface area contributed by atoms with Crippen LogP contribution in [0.2, 0.25) is 0 Å². The molecular weight excluding hydrogens is 216 g/mol. The van der Waals surface area contributed by atoms with Crippen LogP contribution in [-0.4, -0.2) is 23.6 Å². The van der Waals surface area contributed by atoms with Crippen molar-refractivity contribution in [1.29, 1.82) is 0 Å². The lowest BCUT2D eigenvalue weighted by Crippen LogP contribution is -2.49. The summed E-state index contributed by atoms with van der Waals surface area (Å²) >= 11 is 0. The lowest BCUT2D eigenvalue weighted by Gasteiger charge is -2.39. The number of fused-ring (bicyclic) bond motifs is 1. The van der Waals surface area contributed by atoms with E-state index in [1.807, 2.05) is 0 Å². The zero-order chi connectivity index (χ0) is 12.6. The highest BCUT2D eigenvalue weighted by atomic mass is 16.3. The highest BCUT2D eigenvalue weighted by Crippen LogP contribution is 2.36. The zero-order valence-corrected chi connectivity index (χ0v) is 10.4. The molecule has 0 aliphatic carbocycles. The van der Waals surface area contributed by atoms with Gasteiger partial charge < -0.3 is 15.3 Å². The van der Waals surface area contributed by atoms with Crippen LogP contribution in [0.25, 0.3) is 0 Å². The van der Waals surface area contributed by atoms with Crippen LogP contribution < -0.4 is 10.2 Å². The quantitative estimate of drug-likeness (QED) is 0.732. The first-order chi connectivity index (χ1) is 8.00. The van der Waals surface area contributed by atoms with Crippen molar-refractivity contribution in [3.63, 3.8) is 0 Å². The number of carbonyl (C=O) groups excluding carboxylic acids is 1. The van der Waals surface area contributed by atoms with Crippen LogP contribution in [0.1, 0.15) is 20.8 Å². The Labute approximate surface area is 101 Å². The van der Waals surface area contributed by atoms with Crippen molar-refractivity contribution in [3.8, 4) is 5.75 Å². The van der Waals surface area contributed by atoms with Crippen LogP contribution in [0.3, 0.4) is 0 Å². The lowest BCUT2D eigenvalue weighted by molar-refractivity contribution is -0.117. The predicted molar refractivity (Wildman–Crippen MR) is 68.4 cm³/mol. The molecular formula is C13H18N2O2. The fraction of sp³-hybridized carbons (Fsp3) is 0.462. The SMILES string of the molecule is CC(=O)N1c2cc(O)ccc2NCC1C(C)C. The van der Waals surface area contributed by atoms with Crippen molar-refractivity contribution in [2.24, 2.45) is 5.92 Å². The number of nitrogens with zero attached hydrogens (tertiary/aromatic N) is 1. The molecule has 1 aromatic rings. The topological polar surface area (TPSA) is 52.6 Å². The zero-order valence-electron chi connectivity index (χ0n) is 10.4. The number of benzene rings is 1. The minimum atomic E-state index is 0.0112. The second kappa shape index (κ2) is 4.28. The van der Waals surface area contributed by atoms with E-state index in [9.17, 15) is 9.90 Å². The average Bonchev–Trinajstić information content (AvgIpc) is 2.26. The fourth-order valence-corrected chi connectivity index (χ4v) is 2.29. The Morgan fingerprint density at radius 3 is 2.82 bits per heavy atom. The van der Waals surface area contributed by atoms with Gasteiger partial charge in [-0.05, 0) is 18.1 Å². The molecule has 4 nitrogen and oxygen atoms in total. The predicted octanol–water partition coefficient (Wildman–Crippen LogP) is 2.20. The minimum Gasteiger partial charge on any atom is -0.508 e. The molecule has 1 aliphatic heterocycles. The molecule has 1 unspecified atom stereocenters. The largest absolute Gasteiger partial charge is 0.508 e. The van der Waals surface area contributed by atoms with Gasteiger partial charge in [0.05, 0.1) is 17.4 Å². The normalized spacial score (nSPS) is 18.8. The molecule has 2 rings (SSSR count). The number of nitrogens with one attached hydrogen (secondary N) is 1. The van der Waals surface area contributed by atoms with Gasteiger partial charge >= 0.3 is 0 Å². The van der Waals surface area contributed by atoms with E-state index in [1.54, 1.807) is 30.0 Å². The van der Waals surface area contributed by atoms with E-state index in [0.29, 0.717) is 5.92 Å². The Morgan fingerprint density at radius 2 is 2.24 bits per heavy atom. The number of hydrogen-bond donors (Lipinski definition) is 2. The first-order valence-electron chi connectivity index (χ1n) is 5.87. The van der Waals surface area contributed by atoms with Gasteiger partial charge in [0.15, 0.2) is 0 Å². The maximum Gasteiger partial charge on any atom is 0.224 e. The molecule has 0 saturated carbocycles. The monoisotopic (exact) mass is 234 g/mol. The second-order valence-corrected chi connectivity index (χ2v) is 4.78. The van der Waals surface area contributed by atoms with Crippen molar-refractivity contribution in [2.75, 3.05) is 16.8 Å². The molecule has 0 saturated heterocycles. The van der Waals surface area contributed by atoms with Crippen molar-refractivity contribution >= 4 is 17.3 Å². The third kappa shape index (κ3) is 2.07. The summed E-state index contributed by atoms with van der Waals surface area (Å²) < 4.78 is 0. The van der Waals surface area contributed by atoms with Gasteiger partial charge in [-0.1, -0.05) is 13.8 Å². The van der Waals surface area contributed by atoms with E-state index < -0.39 is 0 Å². The van der Waals surface area contributed by atoms with E-state index in [4.69, 9.17) is 0 Å². The molecule has 0 spiro atoms. The molecule has 4 heteroatoms. The van der Waals surface area contributed by atoms with Crippen molar-refractivity contribution in [1.82, 2.24) is 0 Å². The average molecular weight is 234 g/mol. The number of amides is 1. The number of phenolic OH excluding ortho intramolecular Hbond substituents is 1. The van der Waals surface area contributed by atoms with Gasteiger partial charge in [0.25, 0.3) is 0 Å². The molecule has 0 fully saturated rings. The first kappa shape index (κ1) is 11.8. The van der Waals surface area contributed by atoms with Crippen LogP contribution in [0.15, 0.2) is 18.2 Å². The molecule has 2 N–H and O–H groups in total. The number of aromatic hydroxyl groups is 1. The molecule has 1 atom stereocenters. The van der Waals surface area contributed by atoms with E-state index in [0.717, 1.165) is 17.9 Å². The molecule has 0 bridgehead atoms. The number of hydrogen-bond acceptors (Lipinski definition) is 3. The van der Waals surface area contributed by atoms with Crippen LogP contribution in [0.4, 0.5) is 11.4 Å². The van der Waals surface area contributed by atoms with Gasteiger partial charge in [-0.25, -0.2) is 0 Å². The van der Waals surface area contributed by atoms with Gasteiger partial charge in [-0.15, -0.1) is 0 Å². The Bertz CT molecular complexity index is 443. The van der Waals surface area contributed by atoms with Gasteiger partial charge in [0.1, 0.15) is 5.75 Å². The molecule has 1 amide bonds. The maximum atomic E-state index is 11.8. The molecule has 92 valence electrons. The molecule has 17 heavy (non-hydrogen) atoms. The Morgan fingerprint density at radius 1 is 1.53 bits per heavy atom. The summed E-state index contributed by atoms with van der Waals surface area (Å²) in [5.74, 6) is 0.556. The summed E-state index contributed by atoms with van der Waals surface area (Å²) in [6, 6.07) is 5.19. The summed E-state index contributed by atoms with van der Waals surface area (Å²) in [5, 5.41) is 12.8. The lowest BCUT2D eigenvalue weighted by atomic mass is 9.98. The fourth-order valence-electron chi connectivity index (χ4n) is 2.29. The van der Waals surface area contributed by atoms with E-state index >= 15 is 0 Å². The molecule has 0 aromatic heterocycles. The Hall–Kier alpha value is -1.71. The van der Waals surface area contributed by atoms with E-state index in [2.05, 4.69) is 19.2 Å². The second-order valence-electron chi connectivity index (χ2n) is 4.78. The summed E-state index contributed by atoms with van der Waals surface area (Å²) in [4.78, 5) is 13.6. The summed E-state index contributed by atoms with van der Waals surface area (Å²) in [7, 11) is 0. The molecule has 1 aromatic carbocycles. The van der Waals surface area contributed by atoms with Crippen molar-refractivity contribution in [3.05, 3.63) is 18.2 Å². The van der Waals surface area contributed by atoms with E-state index in [1.165, 1.54) is 0 Å². The standard InChI is InChI=1S/C13H18N2O2/c1-8(2)13-7-14-11-5-4-10(17)6-12(11)15(13)9(3)16/h4-6,8,13-14,17H,7H2,1-3H3. The highest BCUT2D eigenvalue weighted by Gasteiger charge is 2.31. The van der Waals surface area contributed by atoms with Gasteiger partial charge in [0, 0.05) is 19.5 Å². The van der Waals surface area contributed by atoms with Gasteiger partial charge in [0.2, 0.25) is 5.91 Å². The van der Waals surface area contributed by atoms with Crippen LogP contribution in [-0.2, 0) is 4.79 Å². The van der Waals surface area contributed by atoms with Crippen molar-refractivity contribution in [2.45, 2.75) is 26.8 Å². The number of rotatable bonds is 1.